The van der Waals surface area contributed by atoms with Gasteiger partial charge in [-0.05, 0) is 18.9 Å². The Morgan fingerprint density at radius 1 is 1.55 bits per heavy atom. The lowest BCUT2D eigenvalue weighted by atomic mass is 10.1. The summed E-state index contributed by atoms with van der Waals surface area (Å²) < 4.78 is 6.83. The Bertz CT molecular complexity index is 426. The highest BCUT2D eigenvalue weighted by Crippen LogP contribution is 2.21. The average Bonchev–Trinajstić information content (AvgIpc) is 2.86. The second-order valence-electron chi connectivity index (χ2n) is 5.07. The van der Waals surface area contributed by atoms with E-state index in [0.29, 0.717) is 31.6 Å². The number of hydrogen-bond acceptors (Lipinski definition) is 5. The third-order valence-corrected chi connectivity index (χ3v) is 3.56. The molecule has 0 aromatic carbocycles. The molecule has 0 spiro atoms. The minimum atomic E-state index is 0.0591. The number of ether oxygens (including phenoxy) is 1. The van der Waals surface area contributed by atoms with Gasteiger partial charge in [0.1, 0.15) is 5.82 Å². The molecular formula is C13H23N5O2. The van der Waals surface area contributed by atoms with Gasteiger partial charge in [0, 0.05) is 32.9 Å². The van der Waals surface area contributed by atoms with Crippen LogP contribution in [0.4, 0.5) is 5.82 Å². The Kier molecular flexibility index (Phi) is 5.37. The maximum absolute atomic E-state index is 11.7. The Balaban J connectivity index is 1.70. The molecule has 7 nitrogen and oxygen atoms in total. The van der Waals surface area contributed by atoms with E-state index < -0.39 is 0 Å². The predicted octanol–water partition coefficient (Wildman–Crippen LogP) is -0.135. The van der Waals surface area contributed by atoms with Crippen molar-refractivity contribution in [1.82, 2.24) is 20.0 Å². The number of aromatic nitrogens is 2. The number of carbonyl (C=O) groups is 1. The number of anilines is 1. The maximum Gasteiger partial charge on any atom is 0.234 e. The highest BCUT2D eigenvalue weighted by molar-refractivity contribution is 5.77. The zero-order valence-corrected chi connectivity index (χ0v) is 11.9. The van der Waals surface area contributed by atoms with E-state index in [1.54, 1.807) is 7.11 Å². The molecule has 2 heterocycles. The SMILES string of the molecule is COCCNC(=O)CN1CCC(n2ccc(N)n2)CC1. The van der Waals surface area contributed by atoms with Crippen LogP contribution < -0.4 is 11.1 Å². The van der Waals surface area contributed by atoms with Crippen molar-refractivity contribution in [2.24, 2.45) is 0 Å². The van der Waals surface area contributed by atoms with E-state index in [2.05, 4.69) is 15.3 Å². The smallest absolute Gasteiger partial charge is 0.234 e. The normalized spacial score (nSPS) is 17.2. The van der Waals surface area contributed by atoms with Crippen molar-refractivity contribution < 1.29 is 9.53 Å². The van der Waals surface area contributed by atoms with Crippen molar-refractivity contribution in [2.75, 3.05) is 45.6 Å². The van der Waals surface area contributed by atoms with E-state index in [1.807, 2.05) is 16.9 Å². The van der Waals surface area contributed by atoms with Crippen LogP contribution in [0, 0.1) is 0 Å². The summed E-state index contributed by atoms with van der Waals surface area (Å²) in [5.74, 6) is 0.619. The summed E-state index contributed by atoms with van der Waals surface area (Å²) in [5, 5.41) is 7.09. The summed E-state index contributed by atoms with van der Waals surface area (Å²) >= 11 is 0. The molecule has 0 atom stereocenters. The van der Waals surface area contributed by atoms with E-state index >= 15 is 0 Å². The fraction of sp³-hybridized carbons (Fsp3) is 0.692. The fourth-order valence-electron chi connectivity index (χ4n) is 2.45. The Morgan fingerprint density at radius 3 is 2.90 bits per heavy atom. The van der Waals surface area contributed by atoms with E-state index in [1.165, 1.54) is 0 Å². The monoisotopic (exact) mass is 281 g/mol. The second kappa shape index (κ2) is 7.25. The number of nitrogens with zero attached hydrogens (tertiary/aromatic N) is 3. The largest absolute Gasteiger partial charge is 0.383 e. The van der Waals surface area contributed by atoms with Gasteiger partial charge in [-0.25, -0.2) is 0 Å². The summed E-state index contributed by atoms with van der Waals surface area (Å²) in [6.07, 6.45) is 3.91. The first-order chi connectivity index (χ1) is 9.69. The van der Waals surface area contributed by atoms with Crippen LogP contribution in [0.3, 0.4) is 0 Å². The topological polar surface area (TPSA) is 85.4 Å². The lowest BCUT2D eigenvalue weighted by molar-refractivity contribution is -0.122. The first-order valence-corrected chi connectivity index (χ1v) is 6.97. The number of nitrogen functional groups attached to an aromatic ring is 1. The maximum atomic E-state index is 11.7. The van der Waals surface area contributed by atoms with E-state index in [-0.39, 0.29) is 5.91 Å². The van der Waals surface area contributed by atoms with Crippen molar-refractivity contribution in [1.29, 1.82) is 0 Å². The van der Waals surface area contributed by atoms with Gasteiger partial charge in [0.15, 0.2) is 0 Å². The highest BCUT2D eigenvalue weighted by atomic mass is 16.5. The van der Waals surface area contributed by atoms with Crippen LogP contribution in [0.5, 0.6) is 0 Å². The number of hydrogen-bond donors (Lipinski definition) is 2. The number of likely N-dealkylation sites (tertiary alicyclic amines) is 1. The lowest BCUT2D eigenvalue weighted by Crippen LogP contribution is -2.42. The van der Waals surface area contributed by atoms with Crippen LogP contribution >= 0.6 is 0 Å². The number of methoxy groups -OCH3 is 1. The average molecular weight is 281 g/mol. The van der Waals surface area contributed by atoms with E-state index in [4.69, 9.17) is 10.5 Å². The summed E-state index contributed by atoms with van der Waals surface area (Å²) in [6.45, 7) is 3.38. The summed E-state index contributed by atoms with van der Waals surface area (Å²) in [5.41, 5.74) is 5.63. The number of amides is 1. The minimum absolute atomic E-state index is 0.0591. The molecule has 112 valence electrons. The molecule has 0 bridgehead atoms. The Hall–Kier alpha value is -1.60. The first-order valence-electron chi connectivity index (χ1n) is 6.97. The summed E-state index contributed by atoms with van der Waals surface area (Å²) in [6, 6.07) is 2.20. The first kappa shape index (κ1) is 14.8. The van der Waals surface area contributed by atoms with E-state index in [9.17, 15) is 4.79 Å². The van der Waals surface area contributed by atoms with Gasteiger partial charge in [-0.3, -0.25) is 14.4 Å². The molecule has 1 aromatic heterocycles. The van der Waals surface area contributed by atoms with Gasteiger partial charge in [-0.2, -0.15) is 5.10 Å². The van der Waals surface area contributed by atoms with Crippen LogP contribution in [0.25, 0.3) is 0 Å². The number of nitrogens with one attached hydrogen (secondary N) is 1. The molecular weight excluding hydrogens is 258 g/mol. The molecule has 20 heavy (non-hydrogen) atoms. The van der Waals surface area contributed by atoms with E-state index in [0.717, 1.165) is 25.9 Å². The molecule has 1 fully saturated rings. The van der Waals surface area contributed by atoms with Gasteiger partial charge in [0.25, 0.3) is 0 Å². The molecule has 1 aliphatic rings. The van der Waals surface area contributed by atoms with Gasteiger partial charge >= 0.3 is 0 Å². The van der Waals surface area contributed by atoms with Crippen LogP contribution in [-0.4, -0.2) is 60.5 Å². The molecule has 0 aliphatic carbocycles. The van der Waals surface area contributed by atoms with Crippen LogP contribution in [0.2, 0.25) is 0 Å². The molecule has 3 N–H and O–H groups in total. The molecule has 0 unspecified atom stereocenters. The third-order valence-electron chi connectivity index (χ3n) is 3.56. The predicted molar refractivity (Wildman–Crippen MR) is 76.2 cm³/mol. The van der Waals surface area contributed by atoms with Gasteiger partial charge in [-0.1, -0.05) is 0 Å². The number of carbonyl (C=O) groups excluding carboxylic acids is 1. The molecule has 1 saturated heterocycles. The molecule has 0 radical (unpaired) electrons. The zero-order chi connectivity index (χ0) is 14.4. The van der Waals surface area contributed by atoms with Crippen molar-refractivity contribution >= 4 is 11.7 Å². The summed E-state index contributed by atoms with van der Waals surface area (Å²) in [4.78, 5) is 13.9. The van der Waals surface area contributed by atoms with Gasteiger partial charge in [0.2, 0.25) is 5.91 Å². The zero-order valence-electron chi connectivity index (χ0n) is 11.9. The molecule has 1 aromatic rings. The summed E-state index contributed by atoms with van der Waals surface area (Å²) in [7, 11) is 1.62. The van der Waals surface area contributed by atoms with Crippen molar-refractivity contribution in [3.63, 3.8) is 0 Å². The Morgan fingerprint density at radius 2 is 2.30 bits per heavy atom. The van der Waals surface area contributed by atoms with Gasteiger partial charge < -0.3 is 15.8 Å². The molecule has 1 aliphatic heterocycles. The van der Waals surface area contributed by atoms with Crippen LogP contribution in [-0.2, 0) is 9.53 Å². The standard InChI is InChI=1S/C13H23N5O2/c1-20-9-5-15-13(19)10-17-6-2-11(3-7-17)18-8-4-12(14)16-18/h4,8,11H,2-3,5-7,9-10H2,1H3,(H2,14,16)(H,15,19). The second-order valence-corrected chi connectivity index (χ2v) is 5.07. The van der Waals surface area contributed by atoms with Crippen LogP contribution in [0.15, 0.2) is 12.3 Å². The number of piperidine rings is 1. The molecule has 7 heteroatoms. The van der Waals surface area contributed by atoms with Crippen LogP contribution in [0.1, 0.15) is 18.9 Å². The van der Waals surface area contributed by atoms with Gasteiger partial charge in [-0.15, -0.1) is 0 Å². The third kappa shape index (κ3) is 4.21. The highest BCUT2D eigenvalue weighted by Gasteiger charge is 2.22. The van der Waals surface area contributed by atoms with Gasteiger partial charge in [0.05, 0.1) is 19.2 Å². The van der Waals surface area contributed by atoms with Crippen molar-refractivity contribution in [3.8, 4) is 0 Å². The molecule has 0 saturated carbocycles. The fourth-order valence-corrected chi connectivity index (χ4v) is 2.45. The quantitative estimate of drug-likeness (QED) is 0.709. The number of nitrogens with two attached hydrogens (primary N) is 1. The van der Waals surface area contributed by atoms with Crippen molar-refractivity contribution in [3.05, 3.63) is 12.3 Å². The van der Waals surface area contributed by atoms with Crippen molar-refractivity contribution in [2.45, 2.75) is 18.9 Å². The number of rotatable bonds is 6. The molecule has 2 rings (SSSR count). The lowest BCUT2D eigenvalue weighted by Gasteiger charge is -2.31. The molecule has 1 amide bonds. The Labute approximate surface area is 119 Å². The minimum Gasteiger partial charge on any atom is -0.383 e.